The van der Waals surface area contributed by atoms with Crippen LogP contribution in [0.1, 0.15) is 13.8 Å². The van der Waals surface area contributed by atoms with E-state index in [9.17, 15) is 0 Å². The number of allylic oxidation sites excluding steroid dienone is 2. The fraction of sp³-hybridized carbons (Fsp3) is 0.333. The Morgan fingerprint density at radius 3 is 1.00 bits per heavy atom. The molecule has 1 radical (unpaired) electrons. The summed E-state index contributed by atoms with van der Waals surface area (Å²) in [5, 5.41) is 0. The van der Waals surface area contributed by atoms with Crippen molar-refractivity contribution < 1.29 is 17.1 Å². The Labute approximate surface area is 56.8 Å². The largest absolute Gasteiger partial charge is 0.103 e. The summed E-state index contributed by atoms with van der Waals surface area (Å²) in [6, 6.07) is 0. The van der Waals surface area contributed by atoms with Gasteiger partial charge in [0.1, 0.15) is 0 Å². The van der Waals surface area contributed by atoms with Gasteiger partial charge < -0.3 is 0 Å². The summed E-state index contributed by atoms with van der Waals surface area (Å²) in [4.78, 5) is 0. The minimum atomic E-state index is 0. The van der Waals surface area contributed by atoms with Crippen LogP contribution >= 0.6 is 0 Å². The van der Waals surface area contributed by atoms with Crippen LogP contribution in [-0.4, -0.2) is 0 Å². The molecule has 0 aromatic rings. The van der Waals surface area contributed by atoms with Gasteiger partial charge in [-0.25, -0.2) is 0 Å². The van der Waals surface area contributed by atoms with Crippen molar-refractivity contribution in [2.75, 3.05) is 0 Å². The summed E-state index contributed by atoms with van der Waals surface area (Å²) in [6.45, 7) is 10.5. The van der Waals surface area contributed by atoms with Crippen LogP contribution in [0.3, 0.4) is 0 Å². The molecule has 0 aliphatic carbocycles. The second-order valence-electron chi connectivity index (χ2n) is 0.816. The molecule has 0 rings (SSSR count). The first-order valence-corrected chi connectivity index (χ1v) is 1.97. The minimum absolute atomic E-state index is 0. The van der Waals surface area contributed by atoms with Crippen LogP contribution in [-0.2, 0) is 17.1 Å². The average Bonchev–Trinajstić information content (AvgIpc) is 1.39. The van der Waals surface area contributed by atoms with Gasteiger partial charge in [0.2, 0.25) is 0 Å². The second kappa shape index (κ2) is 37.5. The van der Waals surface area contributed by atoms with Crippen molar-refractivity contribution in [3.63, 3.8) is 0 Å². The van der Waals surface area contributed by atoms with Crippen molar-refractivity contribution in [3.05, 3.63) is 25.3 Å². The van der Waals surface area contributed by atoms with E-state index < -0.39 is 0 Å². The molecule has 47 valence electrons. The first-order chi connectivity index (χ1) is 2.83. The number of hydrogen-bond donors (Lipinski definition) is 0. The van der Waals surface area contributed by atoms with Gasteiger partial charge in [0, 0.05) is 17.1 Å². The topological polar surface area (TPSA) is 0 Å². The zero-order valence-electron chi connectivity index (χ0n) is 4.87. The normalized spacial score (nSPS) is 3.71. The third-order valence-corrected chi connectivity index (χ3v) is 0. The van der Waals surface area contributed by atoms with Crippen molar-refractivity contribution >= 4 is 0 Å². The molecule has 0 aliphatic rings. The Kier molecular flexibility index (Phi) is 84.4. The van der Waals surface area contributed by atoms with Gasteiger partial charge in [0.05, 0.1) is 0 Å². The fourth-order valence-electron chi connectivity index (χ4n) is 0. The maximum atomic E-state index is 3.36. The van der Waals surface area contributed by atoms with Gasteiger partial charge in [-0.15, -0.1) is 13.2 Å². The van der Waals surface area contributed by atoms with E-state index in [1.165, 1.54) is 0 Å². The van der Waals surface area contributed by atoms with Crippen LogP contribution in [0.2, 0.25) is 0 Å². The molecule has 0 atom stereocenters. The van der Waals surface area contributed by atoms with Gasteiger partial charge in [0.15, 0.2) is 0 Å². The number of hydrogen-bond acceptors (Lipinski definition) is 0. The van der Waals surface area contributed by atoms with Crippen LogP contribution in [0, 0.1) is 0 Å². The zero-order chi connectivity index (χ0) is 5.41. The van der Waals surface area contributed by atoms with Crippen molar-refractivity contribution in [3.8, 4) is 0 Å². The van der Waals surface area contributed by atoms with Gasteiger partial charge in [-0.2, -0.15) is 0 Å². The Bertz CT molecular complexity index is 25.2. The molecule has 0 unspecified atom stereocenters. The van der Waals surface area contributed by atoms with E-state index in [1.54, 1.807) is 12.2 Å². The van der Waals surface area contributed by atoms with E-state index in [-0.39, 0.29) is 17.1 Å². The van der Waals surface area contributed by atoms with Crippen LogP contribution in [0.15, 0.2) is 25.3 Å². The Balaban J connectivity index is -0.0000000400. The SMILES string of the molecule is C=CC.C=CC.[Cu]. The van der Waals surface area contributed by atoms with Gasteiger partial charge in [0.25, 0.3) is 0 Å². The molecule has 1 heteroatoms. The molecule has 0 aromatic carbocycles. The zero-order valence-corrected chi connectivity index (χ0v) is 5.81. The van der Waals surface area contributed by atoms with Crippen LogP contribution < -0.4 is 0 Å². The van der Waals surface area contributed by atoms with Gasteiger partial charge >= 0.3 is 0 Å². The predicted molar refractivity (Wildman–Crippen MR) is 31.7 cm³/mol. The minimum Gasteiger partial charge on any atom is -0.103 e. The van der Waals surface area contributed by atoms with Crippen molar-refractivity contribution in [1.29, 1.82) is 0 Å². The summed E-state index contributed by atoms with van der Waals surface area (Å²) in [6.07, 6.45) is 3.50. The maximum Gasteiger partial charge on any atom is 0 e. The maximum absolute atomic E-state index is 3.36. The molecular weight excluding hydrogens is 136 g/mol. The molecule has 0 heterocycles. The average molecular weight is 148 g/mol. The van der Waals surface area contributed by atoms with Crippen molar-refractivity contribution in [1.82, 2.24) is 0 Å². The van der Waals surface area contributed by atoms with Crippen LogP contribution in [0.4, 0.5) is 0 Å². The first-order valence-electron chi connectivity index (χ1n) is 1.97. The molecule has 0 nitrogen and oxygen atoms in total. The summed E-state index contributed by atoms with van der Waals surface area (Å²) in [7, 11) is 0. The van der Waals surface area contributed by atoms with E-state index in [1.807, 2.05) is 13.8 Å². The number of rotatable bonds is 0. The summed E-state index contributed by atoms with van der Waals surface area (Å²) < 4.78 is 0. The fourth-order valence-corrected chi connectivity index (χ4v) is 0. The van der Waals surface area contributed by atoms with E-state index in [2.05, 4.69) is 13.2 Å². The molecule has 0 amide bonds. The third kappa shape index (κ3) is 356000000. The predicted octanol–water partition coefficient (Wildman–Crippen LogP) is 2.38. The molecule has 0 saturated heterocycles. The molecule has 0 fully saturated rings. The van der Waals surface area contributed by atoms with Gasteiger partial charge in [-0.1, -0.05) is 12.2 Å². The Hall–Kier alpha value is -0.000519. The molecule has 0 N–H and O–H groups in total. The standard InChI is InChI=1S/2C3H6.Cu/c2*1-3-2;/h2*3H,1H2,2H3;. The third-order valence-electron chi connectivity index (χ3n) is 0. The van der Waals surface area contributed by atoms with E-state index in [0.717, 1.165) is 0 Å². The first kappa shape index (κ1) is 15.8. The molecule has 0 saturated carbocycles. The molecule has 0 aromatic heterocycles. The monoisotopic (exact) mass is 147 g/mol. The molecule has 0 aliphatic heterocycles. The van der Waals surface area contributed by atoms with Gasteiger partial charge in [-0.3, -0.25) is 0 Å². The smallest absolute Gasteiger partial charge is 0 e. The van der Waals surface area contributed by atoms with Crippen LogP contribution in [0.5, 0.6) is 0 Å². The molecule has 0 bridgehead atoms. The Morgan fingerprint density at radius 2 is 1.00 bits per heavy atom. The summed E-state index contributed by atoms with van der Waals surface area (Å²) in [5.41, 5.74) is 0. The second-order valence-corrected chi connectivity index (χ2v) is 0.816. The van der Waals surface area contributed by atoms with Crippen LogP contribution in [0.25, 0.3) is 0 Å². The molecule has 7 heavy (non-hydrogen) atoms. The van der Waals surface area contributed by atoms with Gasteiger partial charge in [-0.05, 0) is 13.8 Å². The molecular formula is C6H12Cu. The van der Waals surface area contributed by atoms with Crippen molar-refractivity contribution in [2.24, 2.45) is 0 Å². The quantitative estimate of drug-likeness (QED) is 0.365. The summed E-state index contributed by atoms with van der Waals surface area (Å²) in [5.74, 6) is 0. The van der Waals surface area contributed by atoms with E-state index in [0.29, 0.717) is 0 Å². The van der Waals surface area contributed by atoms with Crippen molar-refractivity contribution in [2.45, 2.75) is 13.8 Å². The Morgan fingerprint density at radius 1 is 1.00 bits per heavy atom. The molecule has 0 spiro atoms. The van der Waals surface area contributed by atoms with E-state index in [4.69, 9.17) is 0 Å². The summed E-state index contributed by atoms with van der Waals surface area (Å²) >= 11 is 0. The van der Waals surface area contributed by atoms with E-state index >= 15 is 0 Å².